The topological polar surface area (TPSA) is 154 Å². The van der Waals surface area contributed by atoms with Crippen molar-refractivity contribution in [1.82, 2.24) is 15.0 Å². The van der Waals surface area contributed by atoms with E-state index in [0.29, 0.717) is 83.7 Å². The highest BCUT2D eigenvalue weighted by Crippen LogP contribution is 2.36. The summed E-state index contributed by atoms with van der Waals surface area (Å²) in [7, 11) is 0. The molecule has 3 N–H and O–H groups in total. The van der Waals surface area contributed by atoms with Gasteiger partial charge in [0.1, 0.15) is 33.8 Å². The second-order valence-corrected chi connectivity index (χ2v) is 14.9. The van der Waals surface area contributed by atoms with Gasteiger partial charge in [-0.05, 0) is 109 Å². The second-order valence-electron chi connectivity index (χ2n) is 13.6. The van der Waals surface area contributed by atoms with Gasteiger partial charge in [-0.25, -0.2) is 0 Å². The number of hydrogen-bond donors (Lipinski definition) is 3. The minimum absolute atomic E-state index is 0.274. The van der Waals surface area contributed by atoms with E-state index in [-0.39, 0.29) is 17.7 Å². The van der Waals surface area contributed by atoms with E-state index in [1.807, 2.05) is 36.4 Å². The fourth-order valence-corrected chi connectivity index (χ4v) is 8.12. The normalized spacial score (nSPS) is 10.8. The predicted molar refractivity (Wildman–Crippen MR) is 236 cm³/mol. The van der Waals surface area contributed by atoms with Gasteiger partial charge in [0, 0.05) is 51.4 Å². The lowest BCUT2D eigenvalue weighted by molar-refractivity contribution is 0.101. The fraction of sp³-hybridized carbons (Fsp3) is 0. The van der Waals surface area contributed by atoms with Gasteiger partial charge in [0.2, 0.25) is 0 Å². The molecule has 61 heavy (non-hydrogen) atoms. The number of carbonyl (C=O) groups excluding carboxylic acids is 3. The molecular weight excluding hydrogens is 784 g/mol. The Kier molecular flexibility index (Phi) is 11.0. The quantitative estimate of drug-likeness (QED) is 0.102. The molecule has 0 saturated carbocycles. The summed E-state index contributed by atoms with van der Waals surface area (Å²) in [6.45, 7) is 0. The summed E-state index contributed by atoms with van der Waals surface area (Å²) in [5.41, 5.74) is 4.51. The van der Waals surface area contributed by atoms with Crippen molar-refractivity contribution in [2.24, 2.45) is 0 Å². The monoisotopic (exact) mass is 816 g/mol. The van der Waals surface area contributed by atoms with Gasteiger partial charge in [-0.15, -0.1) is 0 Å². The molecule has 9 aromatic rings. The van der Waals surface area contributed by atoms with Crippen LogP contribution in [0.4, 0.5) is 17.1 Å². The van der Waals surface area contributed by atoms with Crippen LogP contribution in [0.5, 0.6) is 17.2 Å². The lowest BCUT2D eigenvalue weighted by Crippen LogP contribution is -2.37. The Morgan fingerprint density at radius 3 is 0.951 bits per heavy atom. The van der Waals surface area contributed by atoms with Crippen LogP contribution in [0.25, 0.3) is 32.7 Å². The number of aromatic nitrogens is 3. The zero-order chi connectivity index (χ0) is 41.5. The van der Waals surface area contributed by atoms with Crippen molar-refractivity contribution in [2.45, 2.75) is 0 Å². The Balaban J connectivity index is 1.08. The van der Waals surface area contributed by atoms with E-state index in [4.69, 9.17) is 11.4 Å². The molecule has 0 radical (unpaired) electrons. The molecule has 13 heteroatoms. The molecule has 3 aromatic heterocycles. The number of amides is 3. The maximum atomic E-state index is 13.2. The number of carbonyl (C=O) groups is 3. The number of hydrogen-bond acceptors (Lipinski definition) is 9. The number of pyridine rings is 3. The summed E-state index contributed by atoms with van der Waals surface area (Å²) in [6, 6.07) is 48.0. The average molecular weight is 817 g/mol. The van der Waals surface area contributed by atoms with Crippen LogP contribution in [0, 0.1) is 0 Å². The van der Waals surface area contributed by atoms with Gasteiger partial charge in [-0.3, -0.25) is 29.3 Å². The SMILES string of the molecule is O=C(Nc1ccc([O][Al]([O]c2ccc(NC(=O)c3ccccc3)c3cccnc23)[O]c2ccc(NC(=O)c3ccccc3)c3cccnc23)c2ncccc12)c1ccccc1. The Morgan fingerprint density at radius 2 is 0.656 bits per heavy atom. The van der Waals surface area contributed by atoms with Crippen LogP contribution in [0.2, 0.25) is 0 Å². The molecule has 0 fully saturated rings. The number of rotatable bonds is 12. The van der Waals surface area contributed by atoms with Gasteiger partial charge in [-0.2, -0.15) is 0 Å². The number of anilines is 3. The minimum atomic E-state index is -3.40. The van der Waals surface area contributed by atoms with Crippen molar-refractivity contribution >= 4 is 82.6 Å². The van der Waals surface area contributed by atoms with Crippen LogP contribution >= 0.6 is 0 Å². The summed E-state index contributed by atoms with van der Waals surface area (Å²) in [6.07, 6.45) is 4.90. The molecule has 0 aliphatic rings. The molecule has 0 bridgehead atoms. The van der Waals surface area contributed by atoms with Gasteiger partial charge >= 0.3 is 15.1 Å². The van der Waals surface area contributed by atoms with Gasteiger partial charge in [-0.1, -0.05) is 54.6 Å². The van der Waals surface area contributed by atoms with Crippen molar-refractivity contribution in [3.05, 3.63) is 199 Å². The number of benzene rings is 6. The lowest BCUT2D eigenvalue weighted by atomic mass is 10.1. The van der Waals surface area contributed by atoms with Crippen molar-refractivity contribution < 1.29 is 25.7 Å². The van der Waals surface area contributed by atoms with Crippen molar-refractivity contribution in [1.29, 1.82) is 0 Å². The van der Waals surface area contributed by atoms with E-state index < -0.39 is 15.1 Å². The van der Waals surface area contributed by atoms with E-state index in [1.165, 1.54) is 0 Å². The third-order valence-corrected chi connectivity index (χ3v) is 11.1. The van der Waals surface area contributed by atoms with Crippen LogP contribution in [-0.4, -0.2) is 47.8 Å². The first-order valence-electron chi connectivity index (χ1n) is 19.2. The zero-order valence-corrected chi connectivity index (χ0v) is 33.3. The summed E-state index contributed by atoms with van der Waals surface area (Å²) < 4.78 is 20.1. The van der Waals surface area contributed by atoms with E-state index in [1.54, 1.807) is 146 Å². The molecule has 3 amide bonds. The molecule has 0 spiro atoms. The van der Waals surface area contributed by atoms with Gasteiger partial charge in [0.05, 0.1) is 17.1 Å². The predicted octanol–water partition coefficient (Wildman–Crippen LogP) is 9.61. The minimum Gasteiger partial charge on any atom is -0.576 e. The third kappa shape index (κ3) is 8.42. The average Bonchev–Trinajstić information content (AvgIpc) is 3.32. The van der Waals surface area contributed by atoms with Crippen molar-refractivity contribution in [3.8, 4) is 17.2 Å². The second kappa shape index (κ2) is 17.4. The molecule has 12 nitrogen and oxygen atoms in total. The van der Waals surface area contributed by atoms with Crippen LogP contribution in [-0.2, 0) is 0 Å². The highest BCUT2D eigenvalue weighted by Gasteiger charge is 2.46. The van der Waals surface area contributed by atoms with Gasteiger partial charge in [0.25, 0.3) is 17.7 Å². The molecule has 0 atom stereocenters. The Hall–Kier alpha value is -8.11. The zero-order valence-electron chi connectivity index (χ0n) is 32.2. The Labute approximate surface area is 354 Å². The smallest absolute Gasteiger partial charge is 0.576 e. The van der Waals surface area contributed by atoms with Crippen LogP contribution in [0.15, 0.2) is 182 Å². The first-order chi connectivity index (χ1) is 30.0. The molecule has 9 rings (SSSR count). The number of nitrogens with one attached hydrogen (secondary N) is 3. The molecule has 6 aromatic carbocycles. The molecule has 0 saturated heterocycles. The maximum Gasteiger partial charge on any atom is 1.20 e. The first-order valence-corrected chi connectivity index (χ1v) is 20.6. The summed E-state index contributed by atoms with van der Waals surface area (Å²) in [5.74, 6) is 0.214. The van der Waals surface area contributed by atoms with Gasteiger partial charge < -0.3 is 27.3 Å². The third-order valence-electron chi connectivity index (χ3n) is 9.72. The molecule has 0 unspecified atom stereocenters. The molecule has 294 valence electrons. The molecular formula is C48H33AlN6O6. The van der Waals surface area contributed by atoms with E-state index in [0.717, 1.165) is 0 Å². The summed E-state index contributed by atoms with van der Waals surface area (Å²) in [5, 5.41) is 10.9. The highest BCUT2D eigenvalue weighted by atomic mass is 27.3. The van der Waals surface area contributed by atoms with E-state index in [9.17, 15) is 14.4 Å². The van der Waals surface area contributed by atoms with Crippen LogP contribution in [0.3, 0.4) is 0 Å². The number of fused-ring (bicyclic) bond motifs is 3. The standard InChI is InChI=1S/3C16H12N2O2.Al/c3*19-14-9-8-13(12-7-4-10-17-15(12)14)18-16(20)11-5-2-1-3-6-11;/h3*1-10,19H,(H,18,20);/q;;;+3/p-3. The Bertz CT molecular complexity index is 2740. The van der Waals surface area contributed by atoms with Gasteiger partial charge in [0.15, 0.2) is 0 Å². The largest absolute Gasteiger partial charge is 1.20 e. The molecule has 3 heterocycles. The fourth-order valence-electron chi connectivity index (χ4n) is 6.79. The maximum absolute atomic E-state index is 13.2. The van der Waals surface area contributed by atoms with Crippen LogP contribution in [0.1, 0.15) is 31.1 Å². The van der Waals surface area contributed by atoms with Crippen molar-refractivity contribution in [3.63, 3.8) is 0 Å². The first kappa shape index (κ1) is 38.4. The lowest BCUT2D eigenvalue weighted by Gasteiger charge is -2.20. The highest BCUT2D eigenvalue weighted by molar-refractivity contribution is 6.40. The van der Waals surface area contributed by atoms with Crippen molar-refractivity contribution in [2.75, 3.05) is 16.0 Å². The summed E-state index contributed by atoms with van der Waals surface area (Å²) in [4.78, 5) is 53.5. The summed E-state index contributed by atoms with van der Waals surface area (Å²) >= 11 is -3.40. The Morgan fingerprint density at radius 1 is 0.361 bits per heavy atom. The molecule has 0 aliphatic carbocycles. The van der Waals surface area contributed by atoms with E-state index in [2.05, 4.69) is 30.9 Å². The van der Waals surface area contributed by atoms with E-state index >= 15 is 0 Å². The van der Waals surface area contributed by atoms with Crippen LogP contribution < -0.4 is 27.3 Å². The molecule has 0 aliphatic heterocycles. The number of nitrogens with zero attached hydrogens (tertiary/aromatic N) is 3.